The fourth-order valence-corrected chi connectivity index (χ4v) is 5.61. The van der Waals surface area contributed by atoms with Crippen LogP contribution in [0.1, 0.15) is 63.1 Å². The van der Waals surface area contributed by atoms with Crippen LogP contribution in [0.15, 0.2) is 30.5 Å². The Morgan fingerprint density at radius 1 is 1.31 bits per heavy atom. The highest BCUT2D eigenvalue weighted by Crippen LogP contribution is 2.47. The normalized spacial score (nSPS) is 18.4. The van der Waals surface area contributed by atoms with Crippen LogP contribution in [0.25, 0.3) is 27.8 Å². The van der Waals surface area contributed by atoms with Crippen LogP contribution in [-0.2, 0) is 10.2 Å². The van der Waals surface area contributed by atoms with E-state index in [4.69, 9.17) is 9.72 Å². The van der Waals surface area contributed by atoms with E-state index in [0.717, 1.165) is 27.7 Å². The molecular formula is C27H28FN5O3. The van der Waals surface area contributed by atoms with Crippen LogP contribution in [0.2, 0.25) is 0 Å². The summed E-state index contributed by atoms with van der Waals surface area (Å²) in [6.45, 7) is 4.06. The van der Waals surface area contributed by atoms with Crippen molar-refractivity contribution >= 4 is 28.0 Å². The van der Waals surface area contributed by atoms with E-state index in [1.807, 2.05) is 19.9 Å². The van der Waals surface area contributed by atoms with E-state index in [0.29, 0.717) is 37.0 Å². The lowest BCUT2D eigenvalue weighted by Gasteiger charge is -2.31. The van der Waals surface area contributed by atoms with Crippen molar-refractivity contribution in [2.24, 2.45) is 5.92 Å². The molecule has 0 amide bonds. The number of pyridine rings is 1. The van der Waals surface area contributed by atoms with Gasteiger partial charge in [-0.2, -0.15) is 10.4 Å². The lowest BCUT2D eigenvalue weighted by Crippen LogP contribution is -2.26. The van der Waals surface area contributed by atoms with Gasteiger partial charge in [-0.25, -0.2) is 9.37 Å². The van der Waals surface area contributed by atoms with Gasteiger partial charge >= 0.3 is 5.97 Å². The zero-order valence-corrected chi connectivity index (χ0v) is 20.5. The van der Waals surface area contributed by atoms with Gasteiger partial charge in [0.25, 0.3) is 0 Å². The molecule has 1 aromatic carbocycles. The topological polar surface area (TPSA) is 117 Å². The number of carbonyl (C=O) groups is 1. The molecule has 9 heteroatoms. The summed E-state index contributed by atoms with van der Waals surface area (Å²) in [4.78, 5) is 16.6. The number of rotatable bonds is 6. The molecule has 2 N–H and O–H groups in total. The number of ether oxygens (including phenoxy) is 1. The number of aromatic amines is 1. The first-order valence-corrected chi connectivity index (χ1v) is 12.1. The number of halogens is 1. The van der Waals surface area contributed by atoms with E-state index < -0.39 is 17.2 Å². The highest BCUT2D eigenvalue weighted by Gasteiger charge is 2.37. The van der Waals surface area contributed by atoms with Crippen LogP contribution >= 0.6 is 0 Å². The third-order valence-corrected chi connectivity index (χ3v) is 7.42. The first-order valence-electron chi connectivity index (χ1n) is 12.1. The predicted octanol–water partition coefficient (Wildman–Crippen LogP) is 5.60. The van der Waals surface area contributed by atoms with Crippen molar-refractivity contribution in [3.8, 4) is 17.5 Å². The Morgan fingerprint density at radius 2 is 2.06 bits per heavy atom. The summed E-state index contributed by atoms with van der Waals surface area (Å²) in [5.74, 6) is -1.36. The van der Waals surface area contributed by atoms with Crippen molar-refractivity contribution in [3.63, 3.8) is 0 Å². The van der Waals surface area contributed by atoms with Crippen molar-refractivity contribution in [1.29, 1.82) is 5.26 Å². The molecule has 0 unspecified atom stereocenters. The van der Waals surface area contributed by atoms with Crippen LogP contribution in [0.3, 0.4) is 0 Å². The van der Waals surface area contributed by atoms with E-state index in [-0.39, 0.29) is 24.0 Å². The molecule has 1 aliphatic carbocycles. The lowest BCUT2D eigenvalue weighted by molar-refractivity contribution is -0.142. The second-order valence-corrected chi connectivity index (χ2v) is 10.2. The summed E-state index contributed by atoms with van der Waals surface area (Å²) in [5, 5.41) is 27.2. The number of nitrogens with zero attached hydrogens (tertiary/aromatic N) is 4. The molecule has 0 spiro atoms. The second kappa shape index (κ2) is 8.94. The number of H-pyrrole nitrogens is 1. The maximum atomic E-state index is 14.4. The minimum absolute atomic E-state index is 0.0764. The molecular weight excluding hydrogens is 461 g/mol. The van der Waals surface area contributed by atoms with Crippen LogP contribution in [-0.4, -0.2) is 37.9 Å². The standard InChI is InChI=1S/C27H28FN5O3/c1-27(2,10-11-29)24-22(15-4-6-16(7-5-15)26(34)35)23-20(12-17-14-30-32-25(17)31-23)33(24)18-8-9-19(28)21(13-18)36-3/h8-9,12-16H,4-7,10H2,1-3H3,(H,34,35)(H,30,31,32). The molecule has 36 heavy (non-hydrogen) atoms. The van der Waals surface area contributed by atoms with Gasteiger partial charge < -0.3 is 14.4 Å². The summed E-state index contributed by atoms with van der Waals surface area (Å²) in [6, 6.07) is 9.08. The molecule has 1 aliphatic rings. The highest BCUT2D eigenvalue weighted by molar-refractivity contribution is 5.94. The molecule has 1 fully saturated rings. The number of nitriles is 1. The summed E-state index contributed by atoms with van der Waals surface area (Å²) >= 11 is 0. The Morgan fingerprint density at radius 3 is 2.72 bits per heavy atom. The molecule has 3 heterocycles. The summed E-state index contributed by atoms with van der Waals surface area (Å²) in [7, 11) is 1.43. The first kappa shape index (κ1) is 23.8. The fourth-order valence-electron chi connectivity index (χ4n) is 5.61. The van der Waals surface area contributed by atoms with Gasteiger partial charge in [0.05, 0.1) is 36.3 Å². The van der Waals surface area contributed by atoms with Crippen molar-refractivity contribution in [2.75, 3.05) is 7.11 Å². The first-order chi connectivity index (χ1) is 17.2. The van der Waals surface area contributed by atoms with Gasteiger partial charge in [0.2, 0.25) is 0 Å². The number of aromatic nitrogens is 4. The summed E-state index contributed by atoms with van der Waals surface area (Å²) in [6.07, 6.45) is 4.56. The van der Waals surface area contributed by atoms with Crippen molar-refractivity contribution in [3.05, 3.63) is 47.5 Å². The molecule has 0 atom stereocenters. The number of fused-ring (bicyclic) bond motifs is 2. The Kier molecular flexibility index (Phi) is 5.91. The number of aliphatic carboxylic acids is 1. The summed E-state index contributed by atoms with van der Waals surface area (Å²) in [5.41, 5.74) is 4.36. The number of carboxylic acid groups (broad SMARTS) is 1. The van der Waals surface area contributed by atoms with Crippen molar-refractivity contribution in [1.82, 2.24) is 19.7 Å². The van der Waals surface area contributed by atoms with Gasteiger partial charge in [-0.05, 0) is 49.8 Å². The molecule has 0 saturated heterocycles. The fraction of sp³-hybridized carbons (Fsp3) is 0.407. The predicted molar refractivity (Wildman–Crippen MR) is 133 cm³/mol. The maximum Gasteiger partial charge on any atom is 0.306 e. The smallest absolute Gasteiger partial charge is 0.306 e. The largest absolute Gasteiger partial charge is 0.494 e. The molecule has 186 valence electrons. The summed E-state index contributed by atoms with van der Waals surface area (Å²) < 4.78 is 21.7. The Bertz CT molecular complexity index is 1510. The van der Waals surface area contributed by atoms with Gasteiger partial charge in [-0.3, -0.25) is 9.89 Å². The van der Waals surface area contributed by atoms with E-state index in [2.05, 4.69) is 20.8 Å². The van der Waals surface area contributed by atoms with Crippen LogP contribution in [0.4, 0.5) is 4.39 Å². The SMILES string of the molecule is COc1cc(-n2c(C(C)(C)CC#N)c(C3CCC(C(=O)O)CC3)c3nc4[nH]ncc4cc32)ccc1F. The minimum atomic E-state index is -0.753. The van der Waals surface area contributed by atoms with Crippen molar-refractivity contribution < 1.29 is 19.0 Å². The quantitative estimate of drug-likeness (QED) is 0.364. The molecule has 8 nitrogen and oxygen atoms in total. The average Bonchev–Trinajstić information content (AvgIpc) is 3.45. The van der Waals surface area contributed by atoms with Crippen LogP contribution < -0.4 is 4.74 Å². The van der Waals surface area contributed by atoms with E-state index in [1.165, 1.54) is 13.2 Å². The zero-order valence-electron chi connectivity index (χ0n) is 20.5. The molecule has 0 bridgehead atoms. The number of methoxy groups -OCH3 is 1. The minimum Gasteiger partial charge on any atom is -0.494 e. The number of nitrogens with one attached hydrogen (secondary N) is 1. The number of carboxylic acids is 1. The van der Waals surface area contributed by atoms with E-state index >= 15 is 0 Å². The highest BCUT2D eigenvalue weighted by atomic mass is 19.1. The van der Waals surface area contributed by atoms with Crippen molar-refractivity contribution in [2.45, 2.75) is 57.3 Å². The third-order valence-electron chi connectivity index (χ3n) is 7.42. The Hall–Kier alpha value is -3.93. The van der Waals surface area contributed by atoms with Gasteiger partial charge in [-0.1, -0.05) is 13.8 Å². The number of hydrogen-bond acceptors (Lipinski definition) is 5. The lowest BCUT2D eigenvalue weighted by atomic mass is 9.74. The Labute approximate surface area is 207 Å². The molecule has 0 radical (unpaired) electrons. The maximum absolute atomic E-state index is 14.4. The van der Waals surface area contributed by atoms with Gasteiger partial charge in [0, 0.05) is 40.2 Å². The molecule has 5 rings (SSSR count). The zero-order chi connectivity index (χ0) is 25.6. The molecule has 1 saturated carbocycles. The van der Waals surface area contributed by atoms with E-state index in [1.54, 1.807) is 18.3 Å². The van der Waals surface area contributed by atoms with Gasteiger partial charge in [0.1, 0.15) is 0 Å². The number of benzene rings is 1. The average molecular weight is 490 g/mol. The van der Waals surface area contributed by atoms with Crippen LogP contribution in [0.5, 0.6) is 5.75 Å². The second-order valence-electron chi connectivity index (χ2n) is 10.2. The van der Waals surface area contributed by atoms with Gasteiger partial charge in [0.15, 0.2) is 17.2 Å². The van der Waals surface area contributed by atoms with Crippen LogP contribution in [0, 0.1) is 23.1 Å². The van der Waals surface area contributed by atoms with Gasteiger partial charge in [-0.15, -0.1) is 0 Å². The Balaban J connectivity index is 1.84. The molecule has 3 aromatic heterocycles. The number of hydrogen-bond donors (Lipinski definition) is 2. The van der Waals surface area contributed by atoms with E-state index in [9.17, 15) is 19.6 Å². The monoisotopic (exact) mass is 489 g/mol. The molecule has 0 aliphatic heterocycles. The molecule has 4 aromatic rings. The third kappa shape index (κ3) is 3.87.